The molecule has 2 aromatic rings. The third-order valence-electron chi connectivity index (χ3n) is 4.73. The van der Waals surface area contributed by atoms with Crippen LogP contribution in [-0.2, 0) is 4.79 Å². The predicted molar refractivity (Wildman–Crippen MR) is 93.9 cm³/mol. The van der Waals surface area contributed by atoms with Crippen molar-refractivity contribution in [2.75, 3.05) is 13.2 Å². The van der Waals surface area contributed by atoms with Gasteiger partial charge in [0, 0.05) is 24.9 Å². The lowest BCUT2D eigenvalue weighted by Gasteiger charge is -2.26. The van der Waals surface area contributed by atoms with Gasteiger partial charge in [-0.05, 0) is 18.2 Å². The smallest absolute Gasteiger partial charge is 0.261 e. The van der Waals surface area contributed by atoms with E-state index in [1.54, 1.807) is 24.3 Å². The molecule has 2 heterocycles. The van der Waals surface area contributed by atoms with Crippen LogP contribution >= 0.6 is 0 Å². The van der Waals surface area contributed by atoms with Gasteiger partial charge in [0.15, 0.2) is 0 Å². The molecule has 0 radical (unpaired) electrons. The van der Waals surface area contributed by atoms with Crippen molar-refractivity contribution in [1.29, 1.82) is 0 Å². The molecule has 0 spiro atoms. The van der Waals surface area contributed by atoms with Gasteiger partial charge < -0.3 is 10.1 Å². The Morgan fingerprint density at radius 1 is 1.04 bits per heavy atom. The van der Waals surface area contributed by atoms with Crippen molar-refractivity contribution in [3.8, 4) is 5.75 Å². The average Bonchev–Trinajstić information content (AvgIpc) is 2.91. The quantitative estimate of drug-likeness (QED) is 0.859. The molecule has 6 heteroatoms. The maximum Gasteiger partial charge on any atom is 0.261 e. The molecule has 4 rings (SSSR count). The molecule has 0 aromatic heterocycles. The van der Waals surface area contributed by atoms with E-state index in [-0.39, 0.29) is 36.7 Å². The minimum atomic E-state index is -0.338. The van der Waals surface area contributed by atoms with E-state index in [1.165, 1.54) is 0 Å². The van der Waals surface area contributed by atoms with Gasteiger partial charge in [-0.1, -0.05) is 30.3 Å². The second-order valence-corrected chi connectivity index (χ2v) is 6.35. The van der Waals surface area contributed by atoms with Crippen molar-refractivity contribution in [2.45, 2.75) is 18.9 Å². The predicted octanol–water partition coefficient (Wildman–Crippen LogP) is 2.31. The van der Waals surface area contributed by atoms with E-state index >= 15 is 0 Å². The first-order valence-corrected chi connectivity index (χ1v) is 8.61. The first-order valence-electron chi connectivity index (χ1n) is 8.61. The van der Waals surface area contributed by atoms with E-state index in [4.69, 9.17) is 4.74 Å². The van der Waals surface area contributed by atoms with Crippen LogP contribution in [0, 0.1) is 0 Å². The number of carbonyl (C=O) groups is 3. The zero-order chi connectivity index (χ0) is 18.1. The van der Waals surface area contributed by atoms with Gasteiger partial charge in [-0.25, -0.2) is 0 Å². The molecule has 6 nitrogen and oxygen atoms in total. The van der Waals surface area contributed by atoms with Crippen LogP contribution in [0.25, 0.3) is 0 Å². The lowest BCUT2D eigenvalue weighted by Crippen LogP contribution is -2.36. The number of fused-ring (bicyclic) bond motifs is 2. The monoisotopic (exact) mass is 350 g/mol. The van der Waals surface area contributed by atoms with E-state index in [2.05, 4.69) is 5.32 Å². The van der Waals surface area contributed by atoms with E-state index in [9.17, 15) is 14.4 Å². The molecule has 132 valence electrons. The van der Waals surface area contributed by atoms with Crippen LogP contribution in [0.2, 0.25) is 0 Å². The fraction of sp³-hybridized carbons (Fsp3) is 0.250. The lowest BCUT2D eigenvalue weighted by atomic mass is 10.0. The molecule has 1 atom stereocenters. The molecule has 26 heavy (non-hydrogen) atoms. The summed E-state index contributed by atoms with van der Waals surface area (Å²) >= 11 is 0. The zero-order valence-corrected chi connectivity index (χ0v) is 14.1. The Morgan fingerprint density at radius 2 is 1.69 bits per heavy atom. The van der Waals surface area contributed by atoms with Gasteiger partial charge in [0.1, 0.15) is 5.75 Å². The number of benzene rings is 2. The number of hydrogen-bond donors (Lipinski definition) is 1. The molecule has 0 unspecified atom stereocenters. The standard InChI is InChI=1S/C20H18N2O4/c23-18(21-16-10-12-26-17-8-4-3-7-15(16)17)9-11-22-19(24)13-5-1-2-6-14(13)20(22)25/h1-8,16H,9-12H2,(H,21,23)/t16-/m1/s1. The van der Waals surface area contributed by atoms with Crippen LogP contribution in [0.15, 0.2) is 48.5 Å². The molecular weight excluding hydrogens is 332 g/mol. The fourth-order valence-corrected chi connectivity index (χ4v) is 3.41. The number of amides is 3. The first-order chi connectivity index (χ1) is 12.6. The topological polar surface area (TPSA) is 75.7 Å². The normalized spacial score (nSPS) is 18.2. The van der Waals surface area contributed by atoms with Crippen molar-refractivity contribution >= 4 is 17.7 Å². The molecule has 2 aliphatic rings. The molecule has 2 aromatic carbocycles. The summed E-state index contributed by atoms with van der Waals surface area (Å²) in [7, 11) is 0. The third kappa shape index (κ3) is 2.83. The Balaban J connectivity index is 1.39. The van der Waals surface area contributed by atoms with E-state index in [1.807, 2.05) is 24.3 Å². The molecule has 0 aliphatic carbocycles. The fourth-order valence-electron chi connectivity index (χ4n) is 3.41. The van der Waals surface area contributed by atoms with Crippen molar-refractivity contribution in [3.63, 3.8) is 0 Å². The van der Waals surface area contributed by atoms with E-state index in [0.717, 1.165) is 16.2 Å². The molecule has 0 saturated carbocycles. The number of rotatable bonds is 4. The summed E-state index contributed by atoms with van der Waals surface area (Å²) in [6.07, 6.45) is 0.765. The molecule has 2 aliphatic heterocycles. The summed E-state index contributed by atoms with van der Waals surface area (Å²) in [4.78, 5) is 38.2. The Morgan fingerprint density at radius 3 is 2.42 bits per heavy atom. The Bertz CT molecular complexity index is 858. The molecule has 0 saturated heterocycles. The molecule has 0 bridgehead atoms. The minimum absolute atomic E-state index is 0.0725. The Hall–Kier alpha value is -3.15. The summed E-state index contributed by atoms with van der Waals surface area (Å²) in [5.74, 6) is -0.0859. The minimum Gasteiger partial charge on any atom is -0.493 e. The maximum atomic E-state index is 12.4. The number of imide groups is 1. The van der Waals surface area contributed by atoms with Crippen LogP contribution in [0.4, 0.5) is 0 Å². The van der Waals surface area contributed by atoms with Gasteiger partial charge in [-0.3, -0.25) is 19.3 Å². The first kappa shape index (κ1) is 16.3. The van der Waals surface area contributed by atoms with Crippen molar-refractivity contribution in [3.05, 3.63) is 65.2 Å². The summed E-state index contributed by atoms with van der Waals surface area (Å²) in [5.41, 5.74) is 1.75. The molecule has 0 fully saturated rings. The molecule has 3 amide bonds. The second-order valence-electron chi connectivity index (χ2n) is 6.35. The number of nitrogens with one attached hydrogen (secondary N) is 1. The van der Waals surface area contributed by atoms with Crippen LogP contribution in [0.3, 0.4) is 0 Å². The van der Waals surface area contributed by atoms with E-state index < -0.39 is 0 Å². The lowest BCUT2D eigenvalue weighted by molar-refractivity contribution is -0.122. The van der Waals surface area contributed by atoms with Crippen molar-refractivity contribution in [2.24, 2.45) is 0 Å². The molecule has 1 N–H and O–H groups in total. The largest absolute Gasteiger partial charge is 0.493 e. The van der Waals surface area contributed by atoms with Crippen molar-refractivity contribution in [1.82, 2.24) is 10.2 Å². The highest BCUT2D eigenvalue weighted by Crippen LogP contribution is 2.31. The van der Waals surface area contributed by atoms with Gasteiger partial charge in [0.05, 0.1) is 23.8 Å². The highest BCUT2D eigenvalue weighted by atomic mass is 16.5. The second kappa shape index (κ2) is 6.63. The third-order valence-corrected chi connectivity index (χ3v) is 4.73. The van der Waals surface area contributed by atoms with Crippen molar-refractivity contribution < 1.29 is 19.1 Å². The maximum absolute atomic E-state index is 12.4. The van der Waals surface area contributed by atoms with Gasteiger partial charge in [-0.15, -0.1) is 0 Å². The summed E-state index contributed by atoms with van der Waals surface area (Å²) in [6, 6.07) is 14.2. The van der Waals surface area contributed by atoms with Crippen LogP contribution in [-0.4, -0.2) is 35.8 Å². The van der Waals surface area contributed by atoms with Crippen LogP contribution < -0.4 is 10.1 Å². The molecular formula is C20H18N2O4. The van der Waals surface area contributed by atoms with Gasteiger partial charge in [0.2, 0.25) is 5.91 Å². The highest BCUT2D eigenvalue weighted by Gasteiger charge is 2.35. The number of hydrogen-bond acceptors (Lipinski definition) is 4. The summed E-state index contributed by atoms with van der Waals surface area (Å²) in [5, 5.41) is 2.98. The summed E-state index contributed by atoms with van der Waals surface area (Å²) in [6.45, 7) is 0.614. The average molecular weight is 350 g/mol. The number of nitrogens with zero attached hydrogens (tertiary/aromatic N) is 1. The number of para-hydroxylation sites is 1. The van der Waals surface area contributed by atoms with Gasteiger partial charge in [-0.2, -0.15) is 0 Å². The Kier molecular flexibility index (Phi) is 4.16. The zero-order valence-electron chi connectivity index (χ0n) is 14.1. The Labute approximate surface area is 150 Å². The SMILES string of the molecule is O=C(CCN1C(=O)c2ccccc2C1=O)N[C@@H]1CCOc2ccccc21. The van der Waals surface area contributed by atoms with Gasteiger partial charge in [0.25, 0.3) is 11.8 Å². The van der Waals surface area contributed by atoms with Crippen LogP contribution in [0.5, 0.6) is 5.75 Å². The number of carbonyl (C=O) groups excluding carboxylic acids is 3. The summed E-state index contributed by atoms with van der Waals surface area (Å²) < 4.78 is 5.59. The van der Waals surface area contributed by atoms with E-state index in [0.29, 0.717) is 24.2 Å². The number of ether oxygens (including phenoxy) is 1. The highest BCUT2D eigenvalue weighted by molar-refractivity contribution is 6.21. The van der Waals surface area contributed by atoms with Crippen LogP contribution in [0.1, 0.15) is 45.2 Å². The van der Waals surface area contributed by atoms with Gasteiger partial charge >= 0.3 is 0 Å².